The first-order valence-electron chi connectivity index (χ1n) is 5.55. The molecule has 0 fully saturated rings. The van der Waals surface area contributed by atoms with Crippen LogP contribution in [0.1, 0.15) is 25.3 Å². The Kier molecular flexibility index (Phi) is 5.13. The van der Waals surface area contributed by atoms with E-state index >= 15 is 0 Å². The Morgan fingerprint density at radius 3 is 2.47 bits per heavy atom. The Labute approximate surface area is 102 Å². The summed E-state index contributed by atoms with van der Waals surface area (Å²) in [6, 6.07) is 8.73. The highest BCUT2D eigenvalue weighted by atomic mass is 32.2. The van der Waals surface area contributed by atoms with Gasteiger partial charge >= 0.3 is 0 Å². The molecule has 0 aliphatic rings. The molecule has 0 atom stereocenters. The summed E-state index contributed by atoms with van der Waals surface area (Å²) in [5, 5.41) is 8.34. The van der Waals surface area contributed by atoms with Crippen molar-refractivity contribution in [3.8, 4) is 6.07 Å². The zero-order valence-corrected chi connectivity index (χ0v) is 10.6. The summed E-state index contributed by atoms with van der Waals surface area (Å²) in [7, 11) is -3.47. The van der Waals surface area contributed by atoms with E-state index < -0.39 is 10.0 Å². The topological polar surface area (TPSA) is 70.0 Å². The van der Waals surface area contributed by atoms with Gasteiger partial charge in [0.15, 0.2) is 0 Å². The van der Waals surface area contributed by atoms with Crippen LogP contribution in [0, 0.1) is 11.3 Å². The van der Waals surface area contributed by atoms with Crippen molar-refractivity contribution in [2.45, 2.75) is 31.1 Å². The average Bonchev–Trinajstić information content (AvgIpc) is 2.30. The van der Waals surface area contributed by atoms with Crippen LogP contribution in [0.25, 0.3) is 0 Å². The lowest BCUT2D eigenvalue weighted by Crippen LogP contribution is -2.24. The van der Waals surface area contributed by atoms with Gasteiger partial charge in [0, 0.05) is 13.0 Å². The van der Waals surface area contributed by atoms with Crippen LogP contribution in [0.3, 0.4) is 0 Å². The number of nitriles is 1. The molecule has 17 heavy (non-hydrogen) atoms. The van der Waals surface area contributed by atoms with Crippen LogP contribution in [0.2, 0.25) is 0 Å². The third kappa shape index (κ3) is 4.17. The van der Waals surface area contributed by atoms with Gasteiger partial charge in [-0.05, 0) is 24.1 Å². The van der Waals surface area contributed by atoms with Gasteiger partial charge in [0.05, 0.1) is 11.0 Å². The molecule has 1 N–H and O–H groups in total. The fourth-order valence-electron chi connectivity index (χ4n) is 1.45. The van der Waals surface area contributed by atoms with Crippen LogP contribution in [-0.2, 0) is 16.4 Å². The van der Waals surface area contributed by atoms with E-state index in [2.05, 4.69) is 11.6 Å². The molecule has 0 saturated heterocycles. The van der Waals surface area contributed by atoms with E-state index in [-0.39, 0.29) is 17.9 Å². The van der Waals surface area contributed by atoms with Crippen LogP contribution in [0.5, 0.6) is 0 Å². The van der Waals surface area contributed by atoms with Crippen molar-refractivity contribution in [3.05, 3.63) is 29.8 Å². The predicted molar refractivity (Wildman–Crippen MR) is 65.9 cm³/mol. The molecule has 0 radical (unpaired) electrons. The molecule has 5 heteroatoms. The molecule has 1 aromatic rings. The van der Waals surface area contributed by atoms with Gasteiger partial charge in [-0.15, -0.1) is 0 Å². The fraction of sp³-hybridized carbons (Fsp3) is 0.417. The molecule has 0 saturated carbocycles. The summed E-state index contributed by atoms with van der Waals surface area (Å²) in [4.78, 5) is 0.246. The summed E-state index contributed by atoms with van der Waals surface area (Å²) in [6.07, 6.45) is 2.15. The fourth-order valence-corrected chi connectivity index (χ4v) is 2.48. The molecular formula is C12H16N2O2S. The molecule has 0 unspecified atom stereocenters. The number of benzene rings is 1. The maximum atomic E-state index is 11.8. The Bertz CT molecular complexity index is 486. The van der Waals surface area contributed by atoms with E-state index in [9.17, 15) is 8.42 Å². The van der Waals surface area contributed by atoms with E-state index in [1.165, 1.54) is 0 Å². The average molecular weight is 252 g/mol. The lowest BCUT2D eigenvalue weighted by Gasteiger charge is -2.05. The summed E-state index contributed by atoms with van der Waals surface area (Å²) >= 11 is 0. The summed E-state index contributed by atoms with van der Waals surface area (Å²) in [5.41, 5.74) is 1.13. The molecule has 0 aliphatic carbocycles. The minimum Gasteiger partial charge on any atom is -0.210 e. The van der Waals surface area contributed by atoms with Gasteiger partial charge in [0.25, 0.3) is 0 Å². The molecule has 1 rings (SSSR count). The largest absolute Gasteiger partial charge is 0.240 e. The second-order valence-corrected chi connectivity index (χ2v) is 5.47. The van der Waals surface area contributed by atoms with Crippen molar-refractivity contribution >= 4 is 10.0 Å². The van der Waals surface area contributed by atoms with Crippen LogP contribution in [0.4, 0.5) is 0 Å². The van der Waals surface area contributed by atoms with Gasteiger partial charge in [0.1, 0.15) is 0 Å². The Morgan fingerprint density at radius 2 is 1.94 bits per heavy atom. The summed E-state index contributed by atoms with van der Waals surface area (Å²) in [6.45, 7) is 2.23. The smallest absolute Gasteiger partial charge is 0.210 e. The van der Waals surface area contributed by atoms with Crippen molar-refractivity contribution in [2.24, 2.45) is 0 Å². The molecule has 0 aliphatic heterocycles. The number of nitrogens with one attached hydrogen (secondary N) is 1. The maximum Gasteiger partial charge on any atom is 0.240 e. The Hall–Kier alpha value is -1.38. The number of hydrogen-bond donors (Lipinski definition) is 1. The molecule has 92 valence electrons. The SMILES string of the molecule is CCCc1ccc(S(=O)(=O)NCCC#N)cc1. The Balaban J connectivity index is 2.75. The van der Waals surface area contributed by atoms with Gasteiger partial charge in [-0.3, -0.25) is 0 Å². The highest BCUT2D eigenvalue weighted by Gasteiger charge is 2.12. The van der Waals surface area contributed by atoms with Crippen molar-refractivity contribution < 1.29 is 8.42 Å². The molecule has 0 heterocycles. The van der Waals surface area contributed by atoms with Crippen LogP contribution < -0.4 is 4.72 Å². The minimum absolute atomic E-state index is 0.148. The van der Waals surface area contributed by atoms with Crippen molar-refractivity contribution in [1.82, 2.24) is 4.72 Å². The molecule has 0 aromatic heterocycles. The number of aryl methyl sites for hydroxylation is 1. The van der Waals surface area contributed by atoms with Crippen molar-refractivity contribution in [1.29, 1.82) is 5.26 Å². The quantitative estimate of drug-likeness (QED) is 0.785. The summed E-state index contributed by atoms with van der Waals surface area (Å²) in [5.74, 6) is 0. The lowest BCUT2D eigenvalue weighted by molar-refractivity contribution is 0.582. The maximum absolute atomic E-state index is 11.8. The zero-order chi connectivity index (χ0) is 12.7. The second kappa shape index (κ2) is 6.38. The van der Waals surface area contributed by atoms with Crippen molar-refractivity contribution in [2.75, 3.05) is 6.54 Å². The van der Waals surface area contributed by atoms with E-state index in [1.54, 1.807) is 12.1 Å². The molecule has 4 nitrogen and oxygen atoms in total. The van der Waals surface area contributed by atoms with Crippen LogP contribution in [-0.4, -0.2) is 15.0 Å². The van der Waals surface area contributed by atoms with Gasteiger partial charge in [0.2, 0.25) is 10.0 Å². The molecule has 0 bridgehead atoms. The van der Waals surface area contributed by atoms with Gasteiger partial charge in [-0.25, -0.2) is 13.1 Å². The molecule has 0 amide bonds. The molecular weight excluding hydrogens is 236 g/mol. The predicted octanol–water partition coefficient (Wildman–Crippen LogP) is 1.83. The summed E-state index contributed by atoms with van der Waals surface area (Å²) < 4.78 is 25.9. The first kappa shape index (κ1) is 13.7. The Morgan fingerprint density at radius 1 is 1.29 bits per heavy atom. The third-order valence-corrected chi connectivity index (χ3v) is 3.78. The van der Waals surface area contributed by atoms with Gasteiger partial charge in [-0.2, -0.15) is 5.26 Å². The van der Waals surface area contributed by atoms with E-state index in [4.69, 9.17) is 5.26 Å². The van der Waals surface area contributed by atoms with Crippen molar-refractivity contribution in [3.63, 3.8) is 0 Å². The standard InChI is InChI=1S/C12H16N2O2S/c1-2-4-11-5-7-12(8-6-11)17(15,16)14-10-3-9-13/h5-8,14H,2-4,10H2,1H3. The normalized spacial score (nSPS) is 11.1. The first-order valence-corrected chi connectivity index (χ1v) is 7.04. The van der Waals surface area contributed by atoms with E-state index in [0.717, 1.165) is 18.4 Å². The monoisotopic (exact) mass is 252 g/mol. The zero-order valence-electron chi connectivity index (χ0n) is 9.81. The van der Waals surface area contributed by atoms with E-state index in [1.807, 2.05) is 18.2 Å². The minimum atomic E-state index is -3.47. The highest BCUT2D eigenvalue weighted by molar-refractivity contribution is 7.89. The third-order valence-electron chi connectivity index (χ3n) is 2.30. The van der Waals surface area contributed by atoms with Gasteiger partial charge < -0.3 is 0 Å². The molecule has 1 aromatic carbocycles. The first-order chi connectivity index (χ1) is 8.10. The number of rotatable bonds is 6. The van der Waals surface area contributed by atoms with E-state index in [0.29, 0.717) is 0 Å². The van der Waals surface area contributed by atoms with Gasteiger partial charge in [-0.1, -0.05) is 25.5 Å². The number of sulfonamides is 1. The number of hydrogen-bond acceptors (Lipinski definition) is 3. The number of nitrogens with zero attached hydrogens (tertiary/aromatic N) is 1. The van der Waals surface area contributed by atoms with Crippen LogP contribution in [0.15, 0.2) is 29.2 Å². The second-order valence-electron chi connectivity index (χ2n) is 3.70. The highest BCUT2D eigenvalue weighted by Crippen LogP contribution is 2.11. The lowest BCUT2D eigenvalue weighted by atomic mass is 10.1. The van der Waals surface area contributed by atoms with Crippen LogP contribution >= 0.6 is 0 Å². The molecule has 0 spiro atoms.